The average Bonchev–Trinajstić information content (AvgIpc) is 3.22. The van der Waals surface area contributed by atoms with Crippen molar-refractivity contribution in [2.24, 2.45) is 5.73 Å². The van der Waals surface area contributed by atoms with E-state index in [0.717, 1.165) is 55.0 Å². The van der Waals surface area contributed by atoms with Gasteiger partial charge in [0.25, 0.3) is 5.91 Å². The highest BCUT2D eigenvalue weighted by Gasteiger charge is 2.25. The summed E-state index contributed by atoms with van der Waals surface area (Å²) < 4.78 is 13.4. The number of carbonyl (C=O) groups excluding carboxylic acids is 2. The number of aromatic nitrogens is 1. The van der Waals surface area contributed by atoms with Crippen molar-refractivity contribution in [3.05, 3.63) is 35.2 Å². The summed E-state index contributed by atoms with van der Waals surface area (Å²) in [5.41, 5.74) is 9.86. The first-order valence-electron chi connectivity index (χ1n) is 10.1. The fourth-order valence-corrected chi connectivity index (χ4v) is 4.43. The van der Waals surface area contributed by atoms with Gasteiger partial charge in [0.15, 0.2) is 11.5 Å². The van der Waals surface area contributed by atoms with Crippen LogP contribution < -0.4 is 15.2 Å². The highest BCUT2D eigenvalue weighted by atomic mass is 16.6. The van der Waals surface area contributed by atoms with E-state index in [2.05, 4.69) is 4.57 Å². The molecule has 0 unspecified atom stereocenters. The van der Waals surface area contributed by atoms with Crippen LogP contribution in [0.2, 0.25) is 0 Å². The third-order valence-electron chi connectivity index (χ3n) is 5.84. The number of nitrogens with two attached hydrogens (primary N) is 1. The second kappa shape index (κ2) is 7.81. The molecular formula is C22H27N3O4. The van der Waals surface area contributed by atoms with Crippen LogP contribution in [0.4, 0.5) is 0 Å². The highest BCUT2D eigenvalue weighted by Crippen LogP contribution is 2.38. The zero-order valence-electron chi connectivity index (χ0n) is 17.0. The predicted molar refractivity (Wildman–Crippen MR) is 109 cm³/mol. The lowest BCUT2D eigenvalue weighted by Crippen LogP contribution is -2.26. The zero-order valence-corrected chi connectivity index (χ0v) is 17.0. The Morgan fingerprint density at radius 3 is 2.55 bits per heavy atom. The Balaban J connectivity index is 1.64. The smallest absolute Gasteiger partial charge is 0.251 e. The number of rotatable bonds is 6. The van der Waals surface area contributed by atoms with E-state index in [1.54, 1.807) is 0 Å². The van der Waals surface area contributed by atoms with E-state index in [1.807, 2.05) is 36.9 Å². The van der Waals surface area contributed by atoms with E-state index in [0.29, 0.717) is 36.7 Å². The Bertz CT molecular complexity index is 963. The summed E-state index contributed by atoms with van der Waals surface area (Å²) in [6, 6.07) is 5.73. The van der Waals surface area contributed by atoms with Crippen molar-refractivity contribution in [1.82, 2.24) is 9.47 Å². The van der Waals surface area contributed by atoms with Crippen LogP contribution in [-0.4, -0.2) is 47.6 Å². The first-order chi connectivity index (χ1) is 14.0. The van der Waals surface area contributed by atoms with Crippen LogP contribution in [-0.2, 0) is 11.3 Å². The van der Waals surface area contributed by atoms with Crippen LogP contribution in [0.3, 0.4) is 0 Å². The third kappa shape index (κ3) is 3.57. The molecule has 2 aliphatic rings. The molecule has 2 amide bonds. The van der Waals surface area contributed by atoms with Gasteiger partial charge < -0.3 is 24.7 Å². The molecule has 0 radical (unpaired) electrons. The average molecular weight is 397 g/mol. The molecule has 2 N–H and O–H groups in total. The maximum Gasteiger partial charge on any atom is 0.251 e. The van der Waals surface area contributed by atoms with Gasteiger partial charge in [-0.15, -0.1) is 0 Å². The van der Waals surface area contributed by atoms with Gasteiger partial charge in [-0.05, 0) is 44.4 Å². The SMILES string of the molecule is Cc1c(C(N)=O)c(-c2ccc3c(c2)OCCO3)c(C)n1CCCN1CCCC1=O. The van der Waals surface area contributed by atoms with Crippen LogP contribution in [0.5, 0.6) is 11.5 Å². The molecule has 7 nitrogen and oxygen atoms in total. The number of fused-ring (bicyclic) bond motifs is 1. The van der Waals surface area contributed by atoms with Gasteiger partial charge in [0.2, 0.25) is 5.91 Å². The van der Waals surface area contributed by atoms with Crippen LogP contribution in [0, 0.1) is 13.8 Å². The van der Waals surface area contributed by atoms with Gasteiger partial charge in [-0.3, -0.25) is 9.59 Å². The van der Waals surface area contributed by atoms with Gasteiger partial charge in [-0.2, -0.15) is 0 Å². The first-order valence-corrected chi connectivity index (χ1v) is 10.1. The van der Waals surface area contributed by atoms with E-state index < -0.39 is 5.91 Å². The number of primary amides is 1. The van der Waals surface area contributed by atoms with Crippen LogP contribution in [0.15, 0.2) is 18.2 Å². The Labute approximate surface area is 170 Å². The summed E-state index contributed by atoms with van der Waals surface area (Å²) in [6.07, 6.45) is 2.43. The van der Waals surface area contributed by atoms with Crippen molar-refractivity contribution in [3.8, 4) is 22.6 Å². The van der Waals surface area contributed by atoms with E-state index in [-0.39, 0.29) is 5.91 Å². The summed E-state index contributed by atoms with van der Waals surface area (Å²) in [5, 5.41) is 0. The Hall–Kier alpha value is -2.96. The number of carbonyl (C=O) groups is 2. The molecule has 0 aliphatic carbocycles. The lowest BCUT2D eigenvalue weighted by atomic mass is 9.99. The van der Waals surface area contributed by atoms with Gasteiger partial charge >= 0.3 is 0 Å². The number of likely N-dealkylation sites (tertiary alicyclic amines) is 1. The fourth-order valence-electron chi connectivity index (χ4n) is 4.43. The lowest BCUT2D eigenvalue weighted by molar-refractivity contribution is -0.127. The summed E-state index contributed by atoms with van der Waals surface area (Å²) in [6.45, 7) is 7.29. The van der Waals surface area contributed by atoms with Gasteiger partial charge in [0.05, 0.1) is 5.56 Å². The zero-order chi connectivity index (χ0) is 20.5. The summed E-state index contributed by atoms with van der Waals surface area (Å²) in [7, 11) is 0. The largest absolute Gasteiger partial charge is 0.486 e. The molecule has 2 aliphatic heterocycles. The third-order valence-corrected chi connectivity index (χ3v) is 5.84. The van der Waals surface area contributed by atoms with Crippen molar-refractivity contribution < 1.29 is 19.1 Å². The lowest BCUT2D eigenvalue weighted by Gasteiger charge is -2.19. The van der Waals surface area contributed by atoms with Crippen LogP contribution >= 0.6 is 0 Å². The Kier molecular flexibility index (Phi) is 5.22. The summed E-state index contributed by atoms with van der Waals surface area (Å²) in [5.74, 6) is 1.19. The first kappa shape index (κ1) is 19.4. The predicted octanol–water partition coefficient (Wildman–Crippen LogP) is 2.65. The molecule has 1 fully saturated rings. The molecule has 0 atom stereocenters. The van der Waals surface area contributed by atoms with Crippen molar-refractivity contribution >= 4 is 11.8 Å². The molecule has 7 heteroatoms. The molecule has 1 aromatic carbocycles. The minimum absolute atomic E-state index is 0.237. The summed E-state index contributed by atoms with van der Waals surface area (Å²) >= 11 is 0. The standard InChI is InChI=1S/C22H27N3O4/c1-14-20(16-6-7-17-18(13-16)29-12-11-28-17)21(22(23)27)15(2)25(14)10-4-9-24-8-3-5-19(24)26/h6-7,13H,3-5,8-12H2,1-2H3,(H2,23,27). The molecule has 29 heavy (non-hydrogen) atoms. The Morgan fingerprint density at radius 2 is 1.86 bits per heavy atom. The van der Waals surface area contributed by atoms with Gasteiger partial charge in [0, 0.05) is 43.0 Å². The van der Waals surface area contributed by atoms with Crippen molar-refractivity contribution in [2.45, 2.75) is 39.7 Å². The highest BCUT2D eigenvalue weighted by molar-refractivity contribution is 6.02. The fraction of sp³-hybridized carbons (Fsp3) is 0.455. The second-order valence-electron chi connectivity index (χ2n) is 7.63. The molecule has 0 saturated carbocycles. The van der Waals surface area contributed by atoms with E-state index >= 15 is 0 Å². The van der Waals surface area contributed by atoms with Gasteiger partial charge in [-0.25, -0.2) is 0 Å². The minimum Gasteiger partial charge on any atom is -0.486 e. The molecule has 2 aromatic rings. The van der Waals surface area contributed by atoms with E-state index in [4.69, 9.17) is 15.2 Å². The Morgan fingerprint density at radius 1 is 1.10 bits per heavy atom. The number of nitrogens with zero attached hydrogens (tertiary/aromatic N) is 2. The normalized spacial score (nSPS) is 15.8. The molecule has 1 aromatic heterocycles. The van der Waals surface area contributed by atoms with Gasteiger partial charge in [0.1, 0.15) is 13.2 Å². The monoisotopic (exact) mass is 397 g/mol. The minimum atomic E-state index is -0.441. The number of ether oxygens (including phenoxy) is 2. The number of hydrogen-bond donors (Lipinski definition) is 1. The molecule has 1 saturated heterocycles. The molecule has 4 rings (SSSR count). The van der Waals surface area contributed by atoms with E-state index in [9.17, 15) is 9.59 Å². The van der Waals surface area contributed by atoms with Crippen molar-refractivity contribution in [1.29, 1.82) is 0 Å². The number of hydrogen-bond acceptors (Lipinski definition) is 4. The maximum absolute atomic E-state index is 12.3. The topological polar surface area (TPSA) is 86.8 Å². The van der Waals surface area contributed by atoms with Gasteiger partial charge in [-0.1, -0.05) is 6.07 Å². The number of amides is 2. The van der Waals surface area contributed by atoms with Crippen LogP contribution in [0.25, 0.3) is 11.1 Å². The molecule has 154 valence electrons. The summed E-state index contributed by atoms with van der Waals surface area (Å²) in [4.78, 5) is 26.1. The molecule has 3 heterocycles. The maximum atomic E-state index is 12.3. The molecular weight excluding hydrogens is 370 g/mol. The van der Waals surface area contributed by atoms with E-state index in [1.165, 1.54) is 0 Å². The quantitative estimate of drug-likeness (QED) is 0.812. The molecule has 0 spiro atoms. The van der Waals surface area contributed by atoms with Crippen LogP contribution in [0.1, 0.15) is 41.0 Å². The van der Waals surface area contributed by atoms with Crippen molar-refractivity contribution in [3.63, 3.8) is 0 Å². The second-order valence-corrected chi connectivity index (χ2v) is 7.63. The molecule has 0 bridgehead atoms. The van der Waals surface area contributed by atoms with Crippen molar-refractivity contribution in [2.75, 3.05) is 26.3 Å². The number of benzene rings is 1.